The smallest absolute Gasteiger partial charge is 0.320 e. The van der Waals surface area contributed by atoms with Crippen molar-refractivity contribution in [1.82, 2.24) is 10.1 Å². The van der Waals surface area contributed by atoms with Gasteiger partial charge in [0.15, 0.2) is 5.82 Å². The van der Waals surface area contributed by atoms with Crippen LogP contribution in [0.4, 0.5) is 5.82 Å². The van der Waals surface area contributed by atoms with Crippen LogP contribution in [0.15, 0.2) is 10.6 Å². The topological polar surface area (TPSA) is 95.7 Å². The van der Waals surface area contributed by atoms with Crippen molar-refractivity contribution in [3.63, 3.8) is 0 Å². The van der Waals surface area contributed by atoms with E-state index in [1.54, 1.807) is 27.0 Å². The van der Waals surface area contributed by atoms with Crippen molar-refractivity contribution in [1.29, 1.82) is 0 Å². The third kappa shape index (κ3) is 5.27. The molecule has 0 fully saturated rings. The number of carbonyl (C=O) groups is 2. The largest absolute Gasteiger partial charge is 0.480 e. The van der Waals surface area contributed by atoms with E-state index in [4.69, 9.17) is 9.63 Å². The Hall–Kier alpha value is -1.60. The second kappa shape index (κ2) is 7.75. The minimum Gasteiger partial charge on any atom is -0.480 e. The highest BCUT2D eigenvalue weighted by molar-refractivity contribution is 5.91. The van der Waals surface area contributed by atoms with E-state index in [1.807, 2.05) is 0 Å². The van der Waals surface area contributed by atoms with Gasteiger partial charge < -0.3 is 14.9 Å². The van der Waals surface area contributed by atoms with Crippen LogP contribution in [0.25, 0.3) is 0 Å². The molecule has 8 heteroatoms. The Labute approximate surface area is 117 Å². The van der Waals surface area contributed by atoms with E-state index in [9.17, 15) is 9.59 Å². The van der Waals surface area contributed by atoms with Crippen LogP contribution in [0.5, 0.6) is 0 Å². The van der Waals surface area contributed by atoms with Crippen molar-refractivity contribution in [2.75, 3.05) is 18.9 Å². The summed E-state index contributed by atoms with van der Waals surface area (Å²) < 4.78 is 4.80. The molecule has 1 rings (SSSR count). The number of amides is 1. The summed E-state index contributed by atoms with van der Waals surface area (Å²) in [4.78, 5) is 24.0. The Bertz CT molecular complexity index is 435. The average molecular weight is 292 g/mol. The number of rotatable bonds is 6. The van der Waals surface area contributed by atoms with Gasteiger partial charge in [0.2, 0.25) is 5.91 Å². The zero-order chi connectivity index (χ0) is 13.7. The second-order valence-corrected chi connectivity index (χ2v) is 4.05. The number of halogens is 1. The second-order valence-electron chi connectivity index (χ2n) is 4.05. The zero-order valence-corrected chi connectivity index (χ0v) is 11.9. The molecular formula is C11H18ClN3O4. The molecule has 1 atom stereocenters. The molecule has 0 aromatic carbocycles. The van der Waals surface area contributed by atoms with Crippen LogP contribution in [0.3, 0.4) is 0 Å². The number of likely N-dealkylation sites (N-methyl/N-ethyl adjacent to an activating group) is 1. The lowest BCUT2D eigenvalue weighted by Gasteiger charge is -2.22. The highest BCUT2D eigenvalue weighted by atomic mass is 35.5. The predicted octanol–water partition coefficient (Wildman–Crippen LogP) is 1.14. The summed E-state index contributed by atoms with van der Waals surface area (Å²) in [7, 11) is 1.59. The molecule has 0 aliphatic heterocycles. The van der Waals surface area contributed by atoms with Crippen molar-refractivity contribution in [2.45, 2.75) is 26.3 Å². The molecule has 2 N–H and O–H groups in total. The molecule has 0 aliphatic rings. The van der Waals surface area contributed by atoms with Gasteiger partial charge in [-0.1, -0.05) is 12.1 Å². The Morgan fingerprint density at radius 2 is 2.21 bits per heavy atom. The number of carbonyl (C=O) groups excluding carboxylic acids is 1. The molecule has 1 aromatic rings. The molecule has 7 nitrogen and oxygen atoms in total. The minimum absolute atomic E-state index is 0. The van der Waals surface area contributed by atoms with Gasteiger partial charge in [-0.25, -0.2) is 0 Å². The van der Waals surface area contributed by atoms with Crippen molar-refractivity contribution in [3.8, 4) is 0 Å². The van der Waals surface area contributed by atoms with E-state index in [-0.39, 0.29) is 24.9 Å². The first kappa shape index (κ1) is 17.4. The molecule has 108 valence electrons. The third-order valence-corrected chi connectivity index (χ3v) is 2.49. The molecule has 0 saturated carbocycles. The average Bonchev–Trinajstić information content (AvgIpc) is 2.63. The molecule has 0 aliphatic carbocycles. The SMILES string of the molecule is CCC(C(=O)O)N(C)CC(=O)Nc1cc(C)on1.Cl. The number of aliphatic carboxylic acids is 1. The quantitative estimate of drug-likeness (QED) is 0.816. The number of nitrogens with zero attached hydrogens (tertiary/aromatic N) is 2. The van der Waals surface area contributed by atoms with Crippen LogP contribution in [0.1, 0.15) is 19.1 Å². The fourth-order valence-corrected chi connectivity index (χ4v) is 1.62. The van der Waals surface area contributed by atoms with Crippen molar-refractivity contribution < 1.29 is 19.2 Å². The number of aromatic nitrogens is 1. The van der Waals surface area contributed by atoms with Crippen LogP contribution in [-0.4, -0.2) is 46.7 Å². The summed E-state index contributed by atoms with van der Waals surface area (Å²) in [6, 6.07) is 0.918. The van der Waals surface area contributed by atoms with E-state index in [2.05, 4.69) is 10.5 Å². The molecule has 1 amide bonds. The first-order chi connectivity index (χ1) is 8.43. The number of hydrogen-bond donors (Lipinski definition) is 2. The van der Waals surface area contributed by atoms with Gasteiger partial charge in [0.1, 0.15) is 11.8 Å². The summed E-state index contributed by atoms with van der Waals surface area (Å²) >= 11 is 0. The number of hydrogen-bond acceptors (Lipinski definition) is 5. The Balaban J connectivity index is 0.00000324. The normalized spacial score (nSPS) is 11.8. The number of anilines is 1. The fourth-order valence-electron chi connectivity index (χ4n) is 1.62. The standard InChI is InChI=1S/C11H17N3O4.ClH/c1-4-8(11(16)17)14(3)6-10(15)12-9-5-7(2)18-13-9;/h5,8H,4,6H2,1-3H3,(H,16,17)(H,12,13,15);1H. The van der Waals surface area contributed by atoms with Gasteiger partial charge in [-0.05, 0) is 20.4 Å². The van der Waals surface area contributed by atoms with Crippen molar-refractivity contribution >= 4 is 30.1 Å². The lowest BCUT2D eigenvalue weighted by Crippen LogP contribution is -2.42. The van der Waals surface area contributed by atoms with Crippen LogP contribution in [-0.2, 0) is 9.59 Å². The summed E-state index contributed by atoms with van der Waals surface area (Å²) in [6.45, 7) is 3.46. The van der Waals surface area contributed by atoms with Gasteiger partial charge in [0, 0.05) is 6.07 Å². The maximum Gasteiger partial charge on any atom is 0.320 e. The predicted molar refractivity (Wildman–Crippen MR) is 71.5 cm³/mol. The summed E-state index contributed by atoms with van der Waals surface area (Å²) in [5.74, 6) is -0.347. The van der Waals surface area contributed by atoms with Gasteiger partial charge in [0.25, 0.3) is 0 Å². The molecular weight excluding hydrogens is 274 g/mol. The van der Waals surface area contributed by atoms with E-state index >= 15 is 0 Å². The molecule has 1 unspecified atom stereocenters. The van der Waals surface area contributed by atoms with Crippen LogP contribution < -0.4 is 5.32 Å². The van der Waals surface area contributed by atoms with Gasteiger partial charge >= 0.3 is 5.97 Å². The van der Waals surface area contributed by atoms with Gasteiger partial charge in [-0.2, -0.15) is 0 Å². The lowest BCUT2D eigenvalue weighted by atomic mass is 10.2. The molecule has 19 heavy (non-hydrogen) atoms. The number of carboxylic acid groups (broad SMARTS) is 1. The van der Waals surface area contributed by atoms with E-state index < -0.39 is 12.0 Å². The van der Waals surface area contributed by atoms with Gasteiger partial charge in [0.05, 0.1) is 6.54 Å². The van der Waals surface area contributed by atoms with Crippen molar-refractivity contribution in [2.24, 2.45) is 0 Å². The number of aryl methyl sites for hydroxylation is 1. The Kier molecular flexibility index (Phi) is 7.10. The molecule has 0 radical (unpaired) electrons. The maximum absolute atomic E-state index is 11.6. The highest BCUT2D eigenvalue weighted by Crippen LogP contribution is 2.07. The molecule has 0 saturated heterocycles. The van der Waals surface area contributed by atoms with Gasteiger partial charge in [-0.15, -0.1) is 12.4 Å². The zero-order valence-electron chi connectivity index (χ0n) is 11.0. The number of nitrogens with one attached hydrogen (secondary N) is 1. The van der Waals surface area contributed by atoms with E-state index in [1.165, 1.54) is 4.90 Å². The Morgan fingerprint density at radius 3 is 2.63 bits per heavy atom. The fraction of sp³-hybridized carbons (Fsp3) is 0.545. The molecule has 0 spiro atoms. The summed E-state index contributed by atoms with van der Waals surface area (Å²) in [5.41, 5.74) is 0. The first-order valence-electron chi connectivity index (χ1n) is 5.60. The summed E-state index contributed by atoms with van der Waals surface area (Å²) in [5, 5.41) is 15.1. The van der Waals surface area contributed by atoms with Crippen LogP contribution in [0.2, 0.25) is 0 Å². The number of carboxylic acids is 1. The lowest BCUT2D eigenvalue weighted by molar-refractivity contribution is -0.143. The molecule has 0 bridgehead atoms. The third-order valence-electron chi connectivity index (χ3n) is 2.49. The first-order valence-corrected chi connectivity index (χ1v) is 5.60. The maximum atomic E-state index is 11.6. The van der Waals surface area contributed by atoms with Crippen molar-refractivity contribution in [3.05, 3.63) is 11.8 Å². The van der Waals surface area contributed by atoms with Crippen LogP contribution >= 0.6 is 12.4 Å². The Morgan fingerprint density at radius 1 is 1.58 bits per heavy atom. The van der Waals surface area contributed by atoms with E-state index in [0.717, 1.165) is 0 Å². The van der Waals surface area contributed by atoms with Crippen LogP contribution in [0, 0.1) is 6.92 Å². The molecule has 1 aromatic heterocycles. The summed E-state index contributed by atoms with van der Waals surface area (Å²) in [6.07, 6.45) is 0.433. The monoisotopic (exact) mass is 291 g/mol. The highest BCUT2D eigenvalue weighted by Gasteiger charge is 2.22. The minimum atomic E-state index is -0.940. The van der Waals surface area contributed by atoms with E-state index in [0.29, 0.717) is 18.0 Å². The van der Waals surface area contributed by atoms with Gasteiger partial charge in [-0.3, -0.25) is 14.5 Å². The molecule has 1 heterocycles.